The fourth-order valence-corrected chi connectivity index (χ4v) is 4.69. The first-order chi connectivity index (χ1) is 12.3. The molecule has 2 heterocycles. The lowest BCUT2D eigenvalue weighted by molar-refractivity contribution is -0.136. The average Bonchev–Trinajstić information content (AvgIpc) is 2.84. The van der Waals surface area contributed by atoms with Gasteiger partial charge in [-0.3, -0.25) is 9.59 Å². The molecule has 1 aromatic rings. The van der Waals surface area contributed by atoms with Gasteiger partial charge >= 0.3 is 12.0 Å². The Morgan fingerprint density at radius 3 is 2.35 bits per heavy atom. The molecule has 2 aliphatic rings. The van der Waals surface area contributed by atoms with Crippen LogP contribution in [0.1, 0.15) is 19.3 Å². The number of benzene rings is 1. The number of sulfonamides is 1. The van der Waals surface area contributed by atoms with Crippen LogP contribution in [0.3, 0.4) is 0 Å². The van der Waals surface area contributed by atoms with Crippen molar-refractivity contribution in [2.45, 2.75) is 24.8 Å². The van der Waals surface area contributed by atoms with E-state index in [9.17, 15) is 22.8 Å². The maximum absolute atomic E-state index is 12.9. The third kappa shape index (κ3) is 3.29. The van der Waals surface area contributed by atoms with Gasteiger partial charge in [0.15, 0.2) is 0 Å². The highest BCUT2D eigenvalue weighted by atomic mass is 32.2. The summed E-state index contributed by atoms with van der Waals surface area (Å²) in [6.07, 6.45) is -0.179. The number of anilines is 1. The molecule has 9 nitrogen and oxygen atoms in total. The van der Waals surface area contributed by atoms with E-state index in [1.54, 1.807) is 30.3 Å². The monoisotopic (exact) mass is 381 g/mol. The van der Waals surface area contributed by atoms with Gasteiger partial charge in [-0.05, 0) is 25.0 Å². The third-order valence-corrected chi connectivity index (χ3v) is 6.59. The number of hydrogen-bond acceptors (Lipinski definition) is 5. The molecule has 0 bridgehead atoms. The summed E-state index contributed by atoms with van der Waals surface area (Å²) in [5.74, 6) is -2.05. The van der Waals surface area contributed by atoms with Crippen LogP contribution in [0.2, 0.25) is 0 Å². The molecule has 2 fully saturated rings. The summed E-state index contributed by atoms with van der Waals surface area (Å²) in [4.78, 5) is 36.9. The van der Waals surface area contributed by atoms with Crippen LogP contribution >= 0.6 is 0 Å². The van der Waals surface area contributed by atoms with Crippen molar-refractivity contribution in [2.24, 2.45) is 0 Å². The first kappa shape index (κ1) is 18.3. The van der Waals surface area contributed by atoms with Crippen molar-refractivity contribution in [3.63, 3.8) is 0 Å². The summed E-state index contributed by atoms with van der Waals surface area (Å²) in [5, 5.41) is 11.4. The van der Waals surface area contributed by atoms with Crippen molar-refractivity contribution >= 4 is 33.6 Å². The summed E-state index contributed by atoms with van der Waals surface area (Å²) in [6.45, 7) is 0.104. The van der Waals surface area contributed by atoms with Gasteiger partial charge in [0.05, 0.1) is 17.9 Å². The number of imide groups is 1. The van der Waals surface area contributed by atoms with Crippen molar-refractivity contribution in [3.8, 4) is 0 Å². The number of nitrogens with zero attached hydrogens (tertiary/aromatic N) is 2. The van der Waals surface area contributed by atoms with Gasteiger partial charge in [-0.2, -0.15) is 0 Å². The Balaban J connectivity index is 1.72. The standard InChI is InChI=1S/C16H19N3O6S/c20-13(21)6-11-26(24,25)18-9-7-16(8-10-18)14(22)19(15(23)17-16)12-4-2-1-3-5-12/h1-5H,6-11H2,(H,17,23)(H,20,21). The predicted octanol–water partition coefficient (Wildman–Crippen LogP) is 0.382. The number of aliphatic carboxylic acids is 1. The minimum Gasteiger partial charge on any atom is -0.481 e. The quantitative estimate of drug-likeness (QED) is 0.711. The SMILES string of the molecule is O=C(O)CCS(=O)(=O)N1CCC2(CC1)NC(=O)N(c1ccccc1)C2=O. The minimum atomic E-state index is -3.71. The Morgan fingerprint density at radius 2 is 1.77 bits per heavy atom. The molecule has 1 aromatic carbocycles. The fourth-order valence-electron chi connectivity index (χ4n) is 3.26. The lowest BCUT2D eigenvalue weighted by Gasteiger charge is -2.36. The van der Waals surface area contributed by atoms with E-state index in [-0.39, 0.29) is 25.9 Å². The maximum Gasteiger partial charge on any atom is 0.329 e. The smallest absolute Gasteiger partial charge is 0.329 e. The number of hydrogen-bond donors (Lipinski definition) is 2. The molecular weight excluding hydrogens is 362 g/mol. The Morgan fingerprint density at radius 1 is 1.15 bits per heavy atom. The second-order valence-electron chi connectivity index (χ2n) is 6.35. The van der Waals surface area contributed by atoms with Gasteiger partial charge in [0.25, 0.3) is 5.91 Å². The molecule has 0 aromatic heterocycles. The van der Waals surface area contributed by atoms with E-state index < -0.39 is 45.6 Å². The molecule has 2 saturated heterocycles. The van der Waals surface area contributed by atoms with Crippen molar-refractivity contribution in [3.05, 3.63) is 30.3 Å². The summed E-state index contributed by atoms with van der Waals surface area (Å²) in [5.41, 5.74) is -0.658. The number of carboxylic acid groups (broad SMARTS) is 1. The van der Waals surface area contributed by atoms with E-state index >= 15 is 0 Å². The van der Waals surface area contributed by atoms with Gasteiger partial charge in [-0.15, -0.1) is 0 Å². The third-order valence-electron chi connectivity index (χ3n) is 4.72. The van der Waals surface area contributed by atoms with Crippen LogP contribution in [0.4, 0.5) is 10.5 Å². The van der Waals surface area contributed by atoms with Gasteiger partial charge in [-0.1, -0.05) is 18.2 Å². The molecule has 2 aliphatic heterocycles. The van der Waals surface area contributed by atoms with Gasteiger partial charge < -0.3 is 10.4 Å². The van der Waals surface area contributed by atoms with Gasteiger partial charge in [0, 0.05) is 13.1 Å². The Kier molecular flexibility index (Phi) is 4.72. The highest BCUT2D eigenvalue weighted by Crippen LogP contribution is 2.33. The second kappa shape index (κ2) is 6.69. The Labute approximate surface area is 150 Å². The molecule has 0 aliphatic carbocycles. The minimum absolute atomic E-state index is 0.0522. The second-order valence-corrected chi connectivity index (χ2v) is 8.44. The molecule has 2 N–H and O–H groups in total. The molecule has 3 rings (SSSR count). The van der Waals surface area contributed by atoms with Crippen LogP contribution in [0.25, 0.3) is 0 Å². The van der Waals surface area contributed by atoms with Crippen molar-refractivity contribution in [1.82, 2.24) is 9.62 Å². The lowest BCUT2D eigenvalue weighted by Crippen LogP contribution is -2.56. The highest BCUT2D eigenvalue weighted by Gasteiger charge is 2.53. The van der Waals surface area contributed by atoms with E-state index in [1.807, 2.05) is 0 Å². The van der Waals surface area contributed by atoms with Crippen LogP contribution in [-0.4, -0.2) is 60.1 Å². The molecule has 1 spiro atoms. The highest BCUT2D eigenvalue weighted by molar-refractivity contribution is 7.89. The largest absolute Gasteiger partial charge is 0.481 e. The number of rotatable bonds is 5. The van der Waals surface area contributed by atoms with E-state index in [0.717, 1.165) is 4.90 Å². The van der Waals surface area contributed by atoms with Crippen LogP contribution in [0.15, 0.2) is 30.3 Å². The summed E-state index contributed by atoms with van der Waals surface area (Å²) in [6, 6.07) is 8.00. The molecule has 3 amide bonds. The maximum atomic E-state index is 12.9. The van der Waals surface area contributed by atoms with E-state index in [2.05, 4.69) is 5.32 Å². The molecule has 0 saturated carbocycles. The molecular formula is C16H19N3O6S. The first-order valence-corrected chi connectivity index (χ1v) is 9.77. The van der Waals surface area contributed by atoms with Gasteiger partial charge in [0.2, 0.25) is 10.0 Å². The molecule has 140 valence electrons. The normalized spacial score (nSPS) is 20.4. The van der Waals surface area contributed by atoms with E-state index in [1.165, 1.54) is 4.31 Å². The number of para-hydroxylation sites is 1. The number of carbonyl (C=O) groups is 3. The Bertz CT molecular complexity index is 831. The molecule has 0 unspecified atom stereocenters. The molecule has 0 radical (unpaired) electrons. The molecule has 10 heteroatoms. The topological polar surface area (TPSA) is 124 Å². The van der Waals surface area contributed by atoms with Crippen molar-refractivity contribution in [2.75, 3.05) is 23.7 Å². The first-order valence-electron chi connectivity index (χ1n) is 8.17. The lowest BCUT2D eigenvalue weighted by atomic mass is 9.88. The van der Waals surface area contributed by atoms with Crippen LogP contribution in [0, 0.1) is 0 Å². The van der Waals surface area contributed by atoms with Crippen molar-refractivity contribution < 1.29 is 27.9 Å². The number of amides is 3. The zero-order chi connectivity index (χ0) is 18.9. The zero-order valence-corrected chi connectivity index (χ0v) is 14.7. The van der Waals surface area contributed by atoms with Crippen LogP contribution < -0.4 is 10.2 Å². The molecule has 0 atom stereocenters. The number of carbonyl (C=O) groups excluding carboxylic acids is 2. The zero-order valence-electron chi connectivity index (χ0n) is 13.9. The van der Waals surface area contributed by atoms with Gasteiger partial charge in [0.1, 0.15) is 5.54 Å². The summed E-state index contributed by atoms with van der Waals surface area (Å²) in [7, 11) is -3.71. The Hall–Kier alpha value is -2.46. The number of piperidine rings is 1. The average molecular weight is 381 g/mol. The van der Waals surface area contributed by atoms with E-state index in [4.69, 9.17) is 5.11 Å². The number of urea groups is 1. The van der Waals surface area contributed by atoms with Crippen LogP contribution in [0.5, 0.6) is 0 Å². The number of nitrogens with one attached hydrogen (secondary N) is 1. The summed E-state index contributed by atoms with van der Waals surface area (Å²) >= 11 is 0. The molecule has 26 heavy (non-hydrogen) atoms. The van der Waals surface area contributed by atoms with Gasteiger partial charge in [-0.25, -0.2) is 22.4 Å². The summed E-state index contributed by atoms with van der Waals surface area (Å²) < 4.78 is 25.6. The van der Waals surface area contributed by atoms with Crippen molar-refractivity contribution in [1.29, 1.82) is 0 Å². The number of carboxylic acids is 1. The predicted molar refractivity (Wildman–Crippen MR) is 92.0 cm³/mol. The fraction of sp³-hybridized carbons (Fsp3) is 0.438. The van der Waals surface area contributed by atoms with Crippen LogP contribution in [-0.2, 0) is 19.6 Å². The van der Waals surface area contributed by atoms with E-state index in [0.29, 0.717) is 5.69 Å².